The topological polar surface area (TPSA) is 66.9 Å². The van der Waals surface area contributed by atoms with Gasteiger partial charge in [-0.25, -0.2) is 9.97 Å². The average Bonchev–Trinajstić information content (AvgIpc) is 2.65. The first-order valence-electron chi connectivity index (χ1n) is 8.98. The Morgan fingerprint density at radius 2 is 1.67 bits per heavy atom. The molecular weight excluding hydrogens is 336 g/mol. The van der Waals surface area contributed by atoms with Crippen LogP contribution in [0.1, 0.15) is 46.0 Å². The highest BCUT2D eigenvalue weighted by atomic mass is 16.1. The Balaban J connectivity index is 1.78. The second kappa shape index (κ2) is 7.99. The van der Waals surface area contributed by atoms with Gasteiger partial charge in [0, 0.05) is 17.8 Å². The van der Waals surface area contributed by atoms with Crippen LogP contribution in [0, 0.1) is 20.8 Å². The maximum absolute atomic E-state index is 12.6. The van der Waals surface area contributed by atoms with Crippen molar-refractivity contribution in [3.05, 3.63) is 82.8 Å². The summed E-state index contributed by atoms with van der Waals surface area (Å²) in [6, 6.07) is 17.7. The van der Waals surface area contributed by atoms with E-state index in [-0.39, 0.29) is 11.9 Å². The van der Waals surface area contributed by atoms with E-state index < -0.39 is 0 Å². The Morgan fingerprint density at radius 3 is 2.37 bits per heavy atom. The van der Waals surface area contributed by atoms with Crippen molar-refractivity contribution in [3.8, 4) is 0 Å². The molecule has 2 aromatic carbocycles. The lowest BCUT2D eigenvalue weighted by atomic mass is 10.1. The summed E-state index contributed by atoms with van der Waals surface area (Å²) in [7, 11) is 0. The van der Waals surface area contributed by atoms with E-state index >= 15 is 0 Å². The maximum Gasteiger partial charge on any atom is 0.274 e. The first kappa shape index (κ1) is 18.6. The molecule has 0 saturated heterocycles. The molecule has 27 heavy (non-hydrogen) atoms. The highest BCUT2D eigenvalue weighted by molar-refractivity contribution is 6.03. The molecule has 0 aliphatic rings. The molecule has 0 saturated carbocycles. The van der Waals surface area contributed by atoms with Gasteiger partial charge >= 0.3 is 0 Å². The number of aromatic nitrogens is 2. The molecule has 0 aliphatic carbocycles. The summed E-state index contributed by atoms with van der Waals surface area (Å²) in [5.74, 6) is 0.925. The predicted molar refractivity (Wildman–Crippen MR) is 109 cm³/mol. The molecule has 1 heterocycles. The van der Waals surface area contributed by atoms with Crippen molar-refractivity contribution < 1.29 is 4.79 Å². The molecule has 0 bridgehead atoms. The predicted octanol–water partition coefficient (Wildman–Crippen LogP) is 4.83. The fourth-order valence-corrected chi connectivity index (χ4v) is 2.82. The Kier molecular flexibility index (Phi) is 5.50. The van der Waals surface area contributed by atoms with Gasteiger partial charge in [-0.15, -0.1) is 0 Å². The van der Waals surface area contributed by atoms with Crippen LogP contribution in [-0.2, 0) is 0 Å². The zero-order valence-corrected chi connectivity index (χ0v) is 16.1. The molecule has 5 heteroatoms. The van der Waals surface area contributed by atoms with Crippen LogP contribution in [0.5, 0.6) is 0 Å². The number of nitrogens with zero attached hydrogens (tertiary/aromatic N) is 2. The third-order valence-electron chi connectivity index (χ3n) is 4.50. The Morgan fingerprint density at radius 1 is 0.926 bits per heavy atom. The van der Waals surface area contributed by atoms with E-state index in [4.69, 9.17) is 0 Å². The number of rotatable bonds is 5. The molecule has 1 aromatic heterocycles. The zero-order valence-electron chi connectivity index (χ0n) is 16.1. The number of carbonyl (C=O) groups is 1. The fourth-order valence-electron chi connectivity index (χ4n) is 2.82. The van der Waals surface area contributed by atoms with Gasteiger partial charge in [0.15, 0.2) is 0 Å². The minimum absolute atomic E-state index is 0.0659. The molecule has 0 radical (unpaired) electrons. The largest absolute Gasteiger partial charge is 0.363 e. The number of amides is 1. The summed E-state index contributed by atoms with van der Waals surface area (Å²) in [5.41, 5.74) is 4.56. The summed E-state index contributed by atoms with van der Waals surface area (Å²) < 4.78 is 0. The van der Waals surface area contributed by atoms with Gasteiger partial charge < -0.3 is 10.6 Å². The van der Waals surface area contributed by atoms with Gasteiger partial charge in [0.25, 0.3) is 5.91 Å². The van der Waals surface area contributed by atoms with E-state index in [0.29, 0.717) is 17.3 Å². The molecule has 0 spiro atoms. The molecule has 1 amide bonds. The van der Waals surface area contributed by atoms with E-state index in [1.165, 1.54) is 5.56 Å². The van der Waals surface area contributed by atoms with E-state index in [1.807, 2.05) is 50.2 Å². The number of hydrogen-bond donors (Lipinski definition) is 2. The van der Waals surface area contributed by atoms with Crippen LogP contribution >= 0.6 is 0 Å². The lowest BCUT2D eigenvalue weighted by Crippen LogP contribution is -2.16. The Bertz CT molecular complexity index is 954. The van der Waals surface area contributed by atoms with Crippen molar-refractivity contribution in [1.82, 2.24) is 9.97 Å². The van der Waals surface area contributed by atoms with Crippen LogP contribution in [0.25, 0.3) is 0 Å². The van der Waals surface area contributed by atoms with E-state index in [0.717, 1.165) is 16.8 Å². The van der Waals surface area contributed by atoms with Gasteiger partial charge in [0.2, 0.25) is 0 Å². The van der Waals surface area contributed by atoms with E-state index in [2.05, 4.69) is 39.7 Å². The second-order valence-corrected chi connectivity index (χ2v) is 6.72. The Labute approximate surface area is 159 Å². The molecular formula is C22H24N4O. The highest BCUT2D eigenvalue weighted by Crippen LogP contribution is 2.19. The lowest BCUT2D eigenvalue weighted by molar-refractivity contribution is 0.102. The van der Waals surface area contributed by atoms with Crippen molar-refractivity contribution in [3.63, 3.8) is 0 Å². The van der Waals surface area contributed by atoms with Gasteiger partial charge in [-0.05, 0) is 56.5 Å². The number of nitrogens with one attached hydrogen (secondary N) is 2. The van der Waals surface area contributed by atoms with Gasteiger partial charge in [0.1, 0.15) is 17.3 Å². The molecule has 1 atom stereocenters. The zero-order chi connectivity index (χ0) is 19.4. The molecule has 0 aliphatic heterocycles. The lowest BCUT2D eigenvalue weighted by Gasteiger charge is -2.16. The standard InChI is InChI=1S/C22H24N4O/c1-14-10-11-19(12-15(14)2)26-22(27)20-13-21(25-17(4)24-20)23-16(3)18-8-6-5-7-9-18/h5-13,16H,1-4H3,(H,26,27)(H,23,24,25). The smallest absolute Gasteiger partial charge is 0.274 e. The summed E-state index contributed by atoms with van der Waals surface area (Å²) in [6.07, 6.45) is 0. The Hall–Kier alpha value is -3.21. The SMILES string of the molecule is Cc1nc(NC(C)c2ccccc2)cc(C(=O)Nc2ccc(C)c(C)c2)n1. The van der Waals surface area contributed by atoms with Gasteiger partial charge in [-0.2, -0.15) is 0 Å². The summed E-state index contributed by atoms with van der Waals surface area (Å²) >= 11 is 0. The van der Waals surface area contributed by atoms with Crippen molar-refractivity contribution in [2.75, 3.05) is 10.6 Å². The number of anilines is 2. The normalized spacial score (nSPS) is 11.7. The third-order valence-corrected chi connectivity index (χ3v) is 4.50. The quantitative estimate of drug-likeness (QED) is 0.684. The minimum Gasteiger partial charge on any atom is -0.363 e. The van der Waals surface area contributed by atoms with Gasteiger partial charge in [0.05, 0.1) is 0 Å². The highest BCUT2D eigenvalue weighted by Gasteiger charge is 2.13. The summed E-state index contributed by atoms with van der Waals surface area (Å²) in [6.45, 7) is 7.90. The van der Waals surface area contributed by atoms with Gasteiger partial charge in [-0.3, -0.25) is 4.79 Å². The molecule has 3 rings (SSSR count). The van der Waals surface area contributed by atoms with Crippen LogP contribution < -0.4 is 10.6 Å². The van der Waals surface area contributed by atoms with Crippen molar-refractivity contribution in [2.24, 2.45) is 0 Å². The van der Waals surface area contributed by atoms with Crippen LogP contribution in [-0.4, -0.2) is 15.9 Å². The minimum atomic E-state index is -0.251. The fraction of sp³-hybridized carbons (Fsp3) is 0.227. The monoisotopic (exact) mass is 360 g/mol. The molecule has 138 valence electrons. The molecule has 3 aromatic rings. The van der Waals surface area contributed by atoms with E-state index in [1.54, 1.807) is 13.0 Å². The van der Waals surface area contributed by atoms with Crippen LogP contribution in [0.2, 0.25) is 0 Å². The molecule has 1 unspecified atom stereocenters. The molecule has 5 nitrogen and oxygen atoms in total. The summed E-state index contributed by atoms with van der Waals surface area (Å²) in [5, 5.41) is 6.25. The number of carbonyl (C=O) groups excluding carboxylic acids is 1. The van der Waals surface area contributed by atoms with Crippen LogP contribution in [0.3, 0.4) is 0 Å². The number of benzene rings is 2. The molecule has 2 N–H and O–H groups in total. The second-order valence-electron chi connectivity index (χ2n) is 6.72. The first-order chi connectivity index (χ1) is 12.9. The van der Waals surface area contributed by atoms with Gasteiger partial charge in [-0.1, -0.05) is 36.4 Å². The average molecular weight is 360 g/mol. The number of hydrogen-bond acceptors (Lipinski definition) is 4. The van der Waals surface area contributed by atoms with Crippen LogP contribution in [0.4, 0.5) is 11.5 Å². The maximum atomic E-state index is 12.6. The number of aryl methyl sites for hydroxylation is 3. The first-order valence-corrected chi connectivity index (χ1v) is 8.98. The van der Waals surface area contributed by atoms with Crippen molar-refractivity contribution in [1.29, 1.82) is 0 Å². The third kappa shape index (κ3) is 4.70. The van der Waals surface area contributed by atoms with E-state index in [9.17, 15) is 4.79 Å². The van der Waals surface area contributed by atoms with Crippen molar-refractivity contribution >= 4 is 17.4 Å². The summed E-state index contributed by atoms with van der Waals surface area (Å²) in [4.78, 5) is 21.3. The molecule has 0 fully saturated rings. The van der Waals surface area contributed by atoms with Crippen LogP contribution in [0.15, 0.2) is 54.6 Å². The van der Waals surface area contributed by atoms with Crippen molar-refractivity contribution in [2.45, 2.75) is 33.7 Å².